The van der Waals surface area contributed by atoms with Gasteiger partial charge in [-0.3, -0.25) is 9.89 Å². The van der Waals surface area contributed by atoms with Crippen molar-refractivity contribution in [3.63, 3.8) is 0 Å². The first-order valence-electron chi connectivity index (χ1n) is 5.86. The summed E-state index contributed by atoms with van der Waals surface area (Å²) in [5, 5.41) is 8.84. The highest BCUT2D eigenvalue weighted by Crippen LogP contribution is 2.18. The maximum Gasteiger partial charge on any atom is 0.257 e. The zero-order valence-electron chi connectivity index (χ0n) is 9.85. The number of carbonyl (C=O) groups excluding carboxylic acids is 1. The second-order valence-corrected chi connectivity index (χ2v) is 6.00. The number of hydrogen-bond acceptors (Lipinski definition) is 4. The molecule has 0 spiro atoms. The van der Waals surface area contributed by atoms with Gasteiger partial charge in [0.25, 0.3) is 10.0 Å². The maximum atomic E-state index is 11.6. The normalized spacial score (nSPS) is 15.6. The predicted octanol–water partition coefficient (Wildman–Crippen LogP) is -0.253. The first-order valence-corrected chi connectivity index (χ1v) is 7.34. The molecule has 1 aromatic rings. The van der Waals surface area contributed by atoms with Crippen LogP contribution in [0.1, 0.15) is 25.7 Å². The van der Waals surface area contributed by atoms with Crippen LogP contribution in [0.4, 0.5) is 0 Å². The van der Waals surface area contributed by atoms with E-state index in [0.717, 1.165) is 12.8 Å². The molecule has 0 aliphatic heterocycles. The van der Waals surface area contributed by atoms with Gasteiger partial charge in [0.1, 0.15) is 0 Å². The van der Waals surface area contributed by atoms with Crippen molar-refractivity contribution >= 4 is 15.9 Å². The molecule has 0 atom stereocenters. The SMILES string of the molecule is O=C(CCCNS(=O)(=O)c1ccn[nH]1)NC1CC1. The predicted molar refractivity (Wildman–Crippen MR) is 64.2 cm³/mol. The van der Waals surface area contributed by atoms with Gasteiger partial charge in [0.05, 0.1) is 6.20 Å². The van der Waals surface area contributed by atoms with Crippen molar-refractivity contribution in [2.45, 2.75) is 36.8 Å². The second kappa shape index (κ2) is 5.49. The van der Waals surface area contributed by atoms with E-state index < -0.39 is 10.0 Å². The number of nitrogens with one attached hydrogen (secondary N) is 3. The van der Waals surface area contributed by atoms with Crippen molar-refractivity contribution in [2.24, 2.45) is 0 Å². The average molecular weight is 272 g/mol. The second-order valence-electron chi connectivity index (χ2n) is 4.26. The molecule has 0 aromatic carbocycles. The van der Waals surface area contributed by atoms with Crippen LogP contribution in [0, 0.1) is 0 Å². The zero-order chi connectivity index (χ0) is 13.0. The average Bonchev–Trinajstić information content (AvgIpc) is 2.96. The van der Waals surface area contributed by atoms with E-state index in [1.807, 2.05) is 0 Å². The quantitative estimate of drug-likeness (QED) is 0.595. The Morgan fingerprint density at radius 1 is 1.50 bits per heavy atom. The number of aromatic nitrogens is 2. The van der Waals surface area contributed by atoms with Gasteiger partial charge in [0, 0.05) is 19.0 Å². The minimum atomic E-state index is -3.53. The van der Waals surface area contributed by atoms with Crippen LogP contribution in [0.25, 0.3) is 0 Å². The van der Waals surface area contributed by atoms with E-state index in [-0.39, 0.29) is 17.5 Å². The molecule has 1 aromatic heterocycles. The molecule has 0 radical (unpaired) electrons. The number of hydrogen-bond donors (Lipinski definition) is 3. The lowest BCUT2D eigenvalue weighted by molar-refractivity contribution is -0.121. The standard InChI is InChI=1S/C10H16N4O3S/c15-9(13-8-3-4-8)2-1-6-12-18(16,17)10-5-7-11-14-10/h5,7-8,12H,1-4,6H2,(H,11,14)(H,13,15). The van der Waals surface area contributed by atoms with E-state index >= 15 is 0 Å². The van der Waals surface area contributed by atoms with E-state index in [0.29, 0.717) is 18.9 Å². The molecule has 8 heteroatoms. The Morgan fingerprint density at radius 3 is 2.89 bits per heavy atom. The van der Waals surface area contributed by atoms with Gasteiger partial charge < -0.3 is 5.32 Å². The van der Waals surface area contributed by atoms with Crippen molar-refractivity contribution in [2.75, 3.05) is 6.54 Å². The molecule has 1 aliphatic rings. The van der Waals surface area contributed by atoms with E-state index in [9.17, 15) is 13.2 Å². The molecule has 1 aliphatic carbocycles. The Balaban J connectivity index is 1.67. The number of rotatable bonds is 7. The van der Waals surface area contributed by atoms with Crippen molar-refractivity contribution < 1.29 is 13.2 Å². The third kappa shape index (κ3) is 3.81. The van der Waals surface area contributed by atoms with Crippen molar-refractivity contribution in [3.05, 3.63) is 12.3 Å². The lowest BCUT2D eigenvalue weighted by Crippen LogP contribution is -2.28. The van der Waals surface area contributed by atoms with Gasteiger partial charge in [-0.05, 0) is 25.3 Å². The van der Waals surface area contributed by atoms with Gasteiger partial charge in [-0.2, -0.15) is 5.10 Å². The lowest BCUT2D eigenvalue weighted by Gasteiger charge is -2.05. The zero-order valence-corrected chi connectivity index (χ0v) is 10.7. The van der Waals surface area contributed by atoms with Gasteiger partial charge >= 0.3 is 0 Å². The number of amides is 1. The highest BCUT2D eigenvalue weighted by Gasteiger charge is 2.22. The number of carbonyl (C=O) groups is 1. The van der Waals surface area contributed by atoms with Crippen LogP contribution in [-0.2, 0) is 14.8 Å². The van der Waals surface area contributed by atoms with Crippen LogP contribution < -0.4 is 10.0 Å². The summed E-state index contributed by atoms with van der Waals surface area (Å²) in [4.78, 5) is 11.3. The summed E-state index contributed by atoms with van der Waals surface area (Å²) in [6, 6.07) is 1.72. The number of nitrogens with zero attached hydrogens (tertiary/aromatic N) is 1. The highest BCUT2D eigenvalue weighted by atomic mass is 32.2. The van der Waals surface area contributed by atoms with E-state index in [1.54, 1.807) is 0 Å². The van der Waals surface area contributed by atoms with Crippen LogP contribution >= 0.6 is 0 Å². The minimum absolute atomic E-state index is 0.0155. The molecule has 1 amide bonds. The van der Waals surface area contributed by atoms with Crippen LogP contribution in [0.15, 0.2) is 17.3 Å². The topological polar surface area (TPSA) is 104 Å². The fourth-order valence-electron chi connectivity index (χ4n) is 1.45. The van der Waals surface area contributed by atoms with E-state index in [1.165, 1.54) is 12.3 Å². The third-order valence-corrected chi connectivity index (χ3v) is 3.97. The number of aromatic amines is 1. The molecule has 1 saturated carbocycles. The molecule has 2 rings (SSSR count). The summed E-state index contributed by atoms with van der Waals surface area (Å²) >= 11 is 0. The molecule has 1 heterocycles. The molecule has 18 heavy (non-hydrogen) atoms. The van der Waals surface area contributed by atoms with Crippen molar-refractivity contribution in [1.82, 2.24) is 20.2 Å². The Labute approximate surface area is 105 Å². The summed E-state index contributed by atoms with van der Waals surface area (Å²) in [5.74, 6) is -0.0155. The molecule has 0 bridgehead atoms. The smallest absolute Gasteiger partial charge is 0.257 e. The van der Waals surface area contributed by atoms with Gasteiger partial charge in [-0.1, -0.05) is 0 Å². The molecule has 100 valence electrons. The summed E-state index contributed by atoms with van der Waals surface area (Å²) < 4.78 is 25.7. The number of H-pyrrole nitrogens is 1. The first-order chi connectivity index (χ1) is 8.58. The highest BCUT2D eigenvalue weighted by molar-refractivity contribution is 7.89. The molecule has 7 nitrogen and oxygen atoms in total. The Kier molecular flexibility index (Phi) is 3.97. The molecule has 0 unspecified atom stereocenters. The van der Waals surface area contributed by atoms with Gasteiger partial charge in [0.2, 0.25) is 5.91 Å². The van der Waals surface area contributed by atoms with Gasteiger partial charge in [0.15, 0.2) is 5.03 Å². The van der Waals surface area contributed by atoms with E-state index in [2.05, 4.69) is 20.2 Å². The van der Waals surface area contributed by atoms with Crippen molar-refractivity contribution in [3.8, 4) is 0 Å². The summed E-state index contributed by atoms with van der Waals surface area (Å²) in [6.07, 6.45) is 4.29. The Hall–Kier alpha value is -1.41. The van der Waals surface area contributed by atoms with Crippen LogP contribution in [0.2, 0.25) is 0 Å². The van der Waals surface area contributed by atoms with Crippen LogP contribution in [0.3, 0.4) is 0 Å². The largest absolute Gasteiger partial charge is 0.353 e. The summed E-state index contributed by atoms with van der Waals surface area (Å²) in [5.41, 5.74) is 0. The summed E-state index contributed by atoms with van der Waals surface area (Å²) in [6.45, 7) is 0.236. The molecule has 0 saturated heterocycles. The lowest BCUT2D eigenvalue weighted by atomic mass is 10.3. The monoisotopic (exact) mass is 272 g/mol. The molecular formula is C10H16N4O3S. The Morgan fingerprint density at radius 2 is 2.28 bits per heavy atom. The van der Waals surface area contributed by atoms with E-state index in [4.69, 9.17) is 0 Å². The first kappa shape index (κ1) is 13.0. The molecule has 1 fully saturated rings. The van der Waals surface area contributed by atoms with Crippen molar-refractivity contribution in [1.29, 1.82) is 0 Å². The van der Waals surface area contributed by atoms with Crippen LogP contribution in [0.5, 0.6) is 0 Å². The summed E-state index contributed by atoms with van der Waals surface area (Å²) in [7, 11) is -3.53. The molecular weight excluding hydrogens is 256 g/mol. The molecule has 3 N–H and O–H groups in total. The maximum absolute atomic E-state index is 11.6. The van der Waals surface area contributed by atoms with Crippen LogP contribution in [-0.4, -0.2) is 37.1 Å². The fraction of sp³-hybridized carbons (Fsp3) is 0.600. The van der Waals surface area contributed by atoms with Gasteiger partial charge in [-0.15, -0.1) is 0 Å². The number of sulfonamides is 1. The minimum Gasteiger partial charge on any atom is -0.353 e. The Bertz CT molecular complexity index is 493. The van der Waals surface area contributed by atoms with Gasteiger partial charge in [-0.25, -0.2) is 13.1 Å². The third-order valence-electron chi connectivity index (χ3n) is 2.58. The fourth-order valence-corrected chi connectivity index (χ4v) is 2.43.